The maximum atomic E-state index is 13.7. The molecular weight excluding hydrogens is 540 g/mol. The summed E-state index contributed by atoms with van der Waals surface area (Å²) in [4.78, 5) is 13.6. The summed E-state index contributed by atoms with van der Waals surface area (Å²) in [5.41, 5.74) is 1.89. The Kier molecular flexibility index (Phi) is 7.76. The van der Waals surface area contributed by atoms with Crippen LogP contribution in [0.1, 0.15) is 50.3 Å². The van der Waals surface area contributed by atoms with Crippen LogP contribution in [0, 0.1) is 6.92 Å². The van der Waals surface area contributed by atoms with Crippen LogP contribution in [0.3, 0.4) is 0 Å². The summed E-state index contributed by atoms with van der Waals surface area (Å²) < 4.78 is 35.7. The summed E-state index contributed by atoms with van der Waals surface area (Å²) in [6.07, 6.45) is 2.22. The van der Waals surface area contributed by atoms with Crippen LogP contribution in [0.15, 0.2) is 82.2 Å². The molecule has 1 aliphatic rings. The minimum absolute atomic E-state index is 0.135. The number of carbonyl (C=O) groups excluding carboxylic acids is 1. The molecule has 0 saturated carbocycles. The van der Waals surface area contributed by atoms with Crippen LogP contribution in [0.4, 0.5) is 5.69 Å². The third kappa shape index (κ3) is 5.44. The van der Waals surface area contributed by atoms with Gasteiger partial charge in [0.15, 0.2) is 0 Å². The lowest BCUT2D eigenvalue weighted by Gasteiger charge is -2.41. The molecule has 1 N–H and O–H groups in total. The van der Waals surface area contributed by atoms with Crippen LogP contribution >= 0.6 is 15.9 Å². The van der Waals surface area contributed by atoms with Gasteiger partial charge >= 0.3 is 0 Å². The normalized spacial score (nSPS) is 16.5. The van der Waals surface area contributed by atoms with Gasteiger partial charge in [0, 0.05) is 16.5 Å². The van der Waals surface area contributed by atoms with Gasteiger partial charge < -0.3 is 10.1 Å². The van der Waals surface area contributed by atoms with Gasteiger partial charge in [-0.2, -0.15) is 0 Å². The first-order valence-corrected chi connectivity index (χ1v) is 14.3. The van der Waals surface area contributed by atoms with Crippen LogP contribution in [-0.2, 0) is 14.8 Å². The highest BCUT2D eigenvalue weighted by Gasteiger charge is 2.39. The van der Waals surface area contributed by atoms with Gasteiger partial charge in [-0.15, -0.1) is 0 Å². The zero-order chi connectivity index (χ0) is 25.9. The fourth-order valence-electron chi connectivity index (χ4n) is 4.56. The number of sulfonamides is 1. The predicted molar refractivity (Wildman–Crippen MR) is 146 cm³/mol. The van der Waals surface area contributed by atoms with Crippen LogP contribution in [0.2, 0.25) is 0 Å². The lowest BCUT2D eigenvalue weighted by atomic mass is 9.83. The zero-order valence-electron chi connectivity index (χ0n) is 20.7. The van der Waals surface area contributed by atoms with E-state index in [4.69, 9.17) is 4.74 Å². The van der Waals surface area contributed by atoms with Crippen molar-refractivity contribution in [2.24, 2.45) is 0 Å². The van der Waals surface area contributed by atoms with Crippen molar-refractivity contribution in [3.05, 3.63) is 88.4 Å². The van der Waals surface area contributed by atoms with E-state index in [1.165, 1.54) is 0 Å². The molecule has 1 heterocycles. The maximum Gasteiger partial charge on any atom is 0.264 e. The average molecular weight is 572 g/mol. The van der Waals surface area contributed by atoms with Crippen molar-refractivity contribution in [3.8, 4) is 5.75 Å². The van der Waals surface area contributed by atoms with Gasteiger partial charge in [0.2, 0.25) is 5.91 Å². The molecule has 0 saturated heterocycles. The van der Waals surface area contributed by atoms with E-state index in [0.717, 1.165) is 38.5 Å². The molecule has 0 spiro atoms. The molecule has 3 aromatic carbocycles. The Labute approximate surface area is 221 Å². The van der Waals surface area contributed by atoms with Gasteiger partial charge in [0.1, 0.15) is 17.9 Å². The molecule has 190 valence electrons. The van der Waals surface area contributed by atoms with Gasteiger partial charge in [0.05, 0.1) is 16.6 Å². The third-order valence-electron chi connectivity index (χ3n) is 6.83. The second-order valence-corrected chi connectivity index (χ2v) is 11.9. The van der Waals surface area contributed by atoms with Crippen molar-refractivity contribution < 1.29 is 17.9 Å². The Morgan fingerprint density at radius 3 is 2.31 bits per heavy atom. The zero-order valence-corrected chi connectivity index (χ0v) is 23.1. The predicted octanol–water partition coefficient (Wildman–Crippen LogP) is 6.15. The Hall–Kier alpha value is -2.84. The van der Waals surface area contributed by atoms with E-state index >= 15 is 0 Å². The fraction of sp³-hybridized carbons (Fsp3) is 0.321. The number of aryl methyl sites for hydroxylation is 1. The van der Waals surface area contributed by atoms with Gasteiger partial charge in [0.25, 0.3) is 10.0 Å². The minimum atomic E-state index is -3.98. The van der Waals surface area contributed by atoms with Gasteiger partial charge in [-0.1, -0.05) is 65.7 Å². The van der Waals surface area contributed by atoms with E-state index in [-0.39, 0.29) is 29.0 Å². The number of nitrogens with zero attached hydrogens (tertiary/aromatic N) is 1. The number of amides is 1. The first-order valence-electron chi connectivity index (χ1n) is 12.1. The number of halogens is 1. The molecule has 1 atom stereocenters. The fourth-order valence-corrected chi connectivity index (χ4v) is 6.25. The van der Waals surface area contributed by atoms with Gasteiger partial charge in [-0.25, -0.2) is 8.42 Å². The number of rotatable bonds is 8. The first-order chi connectivity index (χ1) is 17.2. The molecule has 0 bridgehead atoms. The number of hydrogen-bond donors (Lipinski definition) is 1. The second kappa shape index (κ2) is 10.6. The molecule has 36 heavy (non-hydrogen) atoms. The summed E-state index contributed by atoms with van der Waals surface area (Å²) in [5.74, 6) is 0.381. The number of ether oxygens (including phenoxy) is 1. The average Bonchev–Trinajstić information content (AvgIpc) is 2.88. The van der Waals surface area contributed by atoms with E-state index in [9.17, 15) is 13.2 Å². The Morgan fingerprint density at radius 1 is 1.03 bits per heavy atom. The number of benzene rings is 3. The first kappa shape index (κ1) is 26.2. The quantitative estimate of drug-likeness (QED) is 0.352. The Balaban J connectivity index is 1.65. The summed E-state index contributed by atoms with van der Waals surface area (Å²) >= 11 is 3.39. The summed E-state index contributed by atoms with van der Waals surface area (Å²) in [6, 6.07) is 21.0. The largest absolute Gasteiger partial charge is 0.487 e. The van der Waals surface area contributed by atoms with Crippen molar-refractivity contribution in [1.82, 2.24) is 5.32 Å². The van der Waals surface area contributed by atoms with Crippen molar-refractivity contribution in [1.29, 1.82) is 0 Å². The highest BCUT2D eigenvalue weighted by atomic mass is 79.9. The third-order valence-corrected chi connectivity index (χ3v) is 9.15. The number of anilines is 1. The van der Waals surface area contributed by atoms with Crippen LogP contribution in [0.5, 0.6) is 5.75 Å². The Bertz CT molecular complexity index is 1320. The van der Waals surface area contributed by atoms with E-state index < -0.39 is 10.0 Å². The summed E-state index contributed by atoms with van der Waals surface area (Å²) in [7, 11) is -3.98. The molecule has 3 aromatic rings. The van der Waals surface area contributed by atoms with Gasteiger partial charge in [-0.05, 0) is 62.2 Å². The highest BCUT2D eigenvalue weighted by Crippen LogP contribution is 2.42. The molecule has 0 radical (unpaired) electrons. The molecule has 1 amide bonds. The number of hydrogen-bond acceptors (Lipinski definition) is 4. The van der Waals surface area contributed by atoms with Crippen molar-refractivity contribution in [2.45, 2.75) is 56.6 Å². The molecule has 1 aliphatic heterocycles. The minimum Gasteiger partial charge on any atom is -0.487 e. The van der Waals surface area contributed by atoms with E-state index in [0.29, 0.717) is 12.1 Å². The topological polar surface area (TPSA) is 75.7 Å². The number of carbonyl (C=O) groups is 1. The molecule has 0 aromatic heterocycles. The summed E-state index contributed by atoms with van der Waals surface area (Å²) in [5, 5.41) is 3.11. The SMILES string of the molecule is CCC1(CC)CC(NC(=O)CN(c2ccc(Br)cc2)S(=O)(=O)c2ccc(C)cc2)c2ccccc2O1. The van der Waals surface area contributed by atoms with Crippen molar-refractivity contribution in [2.75, 3.05) is 10.8 Å². The van der Waals surface area contributed by atoms with Crippen molar-refractivity contribution in [3.63, 3.8) is 0 Å². The lowest BCUT2D eigenvalue weighted by molar-refractivity contribution is -0.121. The molecule has 0 fully saturated rings. The molecular formula is C28H31BrN2O4S. The molecule has 1 unspecified atom stereocenters. The Morgan fingerprint density at radius 2 is 1.67 bits per heavy atom. The van der Waals surface area contributed by atoms with E-state index in [1.807, 2.05) is 31.2 Å². The van der Waals surface area contributed by atoms with Crippen LogP contribution in [0.25, 0.3) is 0 Å². The van der Waals surface area contributed by atoms with E-state index in [1.54, 1.807) is 48.5 Å². The monoisotopic (exact) mass is 570 g/mol. The second-order valence-electron chi connectivity index (χ2n) is 9.16. The number of fused-ring (bicyclic) bond motifs is 1. The molecule has 0 aliphatic carbocycles. The highest BCUT2D eigenvalue weighted by molar-refractivity contribution is 9.10. The standard InChI is InChI=1S/C28H31BrN2O4S/c1-4-28(5-2)18-25(24-8-6-7-9-26(24)35-28)30-27(32)19-31(22-14-12-21(29)13-15-22)36(33,34)23-16-10-20(3)11-17-23/h6-17,25H,4-5,18-19H2,1-3H3,(H,30,32). The van der Waals surface area contributed by atoms with Gasteiger partial charge in [-0.3, -0.25) is 9.10 Å². The number of nitrogens with one attached hydrogen (secondary N) is 1. The number of para-hydroxylation sites is 1. The smallest absolute Gasteiger partial charge is 0.264 e. The van der Waals surface area contributed by atoms with E-state index in [2.05, 4.69) is 35.1 Å². The van der Waals surface area contributed by atoms with Crippen molar-refractivity contribution >= 4 is 37.5 Å². The van der Waals surface area contributed by atoms with Crippen LogP contribution < -0.4 is 14.4 Å². The maximum absolute atomic E-state index is 13.7. The molecule has 4 rings (SSSR count). The lowest BCUT2D eigenvalue weighted by Crippen LogP contribution is -2.47. The molecule has 6 nitrogen and oxygen atoms in total. The van der Waals surface area contributed by atoms with Crippen LogP contribution in [-0.4, -0.2) is 26.5 Å². The summed E-state index contributed by atoms with van der Waals surface area (Å²) in [6.45, 7) is 5.72. The molecule has 8 heteroatoms.